The van der Waals surface area contributed by atoms with Crippen LogP contribution in [0.3, 0.4) is 0 Å². The summed E-state index contributed by atoms with van der Waals surface area (Å²) in [5.41, 5.74) is 0. The van der Waals surface area contributed by atoms with Crippen LogP contribution >= 0.6 is 0 Å². The van der Waals surface area contributed by atoms with Gasteiger partial charge in [-0.25, -0.2) is 0 Å². The van der Waals surface area contributed by atoms with Crippen LogP contribution < -0.4 is 14.2 Å². The molecule has 2 heterocycles. The molecule has 0 radical (unpaired) electrons. The molecule has 0 amide bonds. The summed E-state index contributed by atoms with van der Waals surface area (Å²) < 4.78 is 27.9. The molecule has 1 aromatic rings. The molecule has 2 atom stereocenters. The van der Waals surface area contributed by atoms with Crippen molar-refractivity contribution in [1.29, 1.82) is 0 Å². The summed E-state index contributed by atoms with van der Waals surface area (Å²) in [6.07, 6.45) is -0.453. The molecule has 8 heteroatoms. The maximum atomic E-state index is 10.5. The lowest BCUT2D eigenvalue weighted by Gasteiger charge is -2.35. The van der Waals surface area contributed by atoms with Gasteiger partial charge in [-0.15, -0.1) is 0 Å². The molecule has 2 fully saturated rings. The van der Waals surface area contributed by atoms with Crippen molar-refractivity contribution in [3.05, 3.63) is 18.2 Å². The van der Waals surface area contributed by atoms with Gasteiger partial charge >= 0.3 is 0 Å². The zero-order valence-corrected chi connectivity index (χ0v) is 16.8. The van der Waals surface area contributed by atoms with Gasteiger partial charge in [0.2, 0.25) is 5.75 Å². The number of ether oxygens (including phenoxy) is 5. The Hall–Kier alpha value is -1.58. The number of hydrogen-bond acceptors (Lipinski definition) is 8. The summed E-state index contributed by atoms with van der Waals surface area (Å²) in [6, 6.07) is 5.54. The van der Waals surface area contributed by atoms with Crippen LogP contribution in [0.2, 0.25) is 0 Å². The highest BCUT2D eigenvalue weighted by Crippen LogP contribution is 2.36. The van der Waals surface area contributed by atoms with Crippen LogP contribution in [0.15, 0.2) is 18.2 Å². The van der Waals surface area contributed by atoms with Gasteiger partial charge in [-0.3, -0.25) is 9.80 Å². The Kier molecular flexibility index (Phi) is 8.17. The maximum absolute atomic E-state index is 10.5. The lowest BCUT2D eigenvalue weighted by atomic mass is 10.2. The lowest BCUT2D eigenvalue weighted by molar-refractivity contribution is -0.0619. The Morgan fingerprint density at radius 1 is 1.04 bits per heavy atom. The molecule has 1 aromatic carbocycles. The summed E-state index contributed by atoms with van der Waals surface area (Å²) in [7, 11) is 3.21. The van der Waals surface area contributed by atoms with E-state index in [1.54, 1.807) is 14.2 Å². The summed E-state index contributed by atoms with van der Waals surface area (Å²) in [6.45, 7) is 7.14. The fraction of sp³-hybridized carbons (Fsp3) is 0.700. The van der Waals surface area contributed by atoms with E-state index in [2.05, 4.69) is 9.80 Å². The second-order valence-electron chi connectivity index (χ2n) is 7.12. The number of aliphatic hydroxyl groups excluding tert-OH is 1. The zero-order chi connectivity index (χ0) is 19.8. The van der Waals surface area contributed by atoms with E-state index in [-0.39, 0.29) is 12.2 Å². The smallest absolute Gasteiger partial charge is 0.203 e. The molecule has 0 bridgehead atoms. The average Bonchev–Trinajstić information content (AvgIpc) is 2.72. The van der Waals surface area contributed by atoms with E-state index < -0.39 is 0 Å². The van der Waals surface area contributed by atoms with E-state index in [4.69, 9.17) is 23.7 Å². The third kappa shape index (κ3) is 5.96. The third-order valence-corrected chi connectivity index (χ3v) is 5.06. The standard InChI is InChI=1S/C20H32N2O6/c1-24-18-4-3-5-19(25-2)20(18)28-15-17-14-22(8-11-27-17)13-16(23)12-21-6-9-26-10-7-21/h3-5,16-17,23H,6-15H2,1-2H3/t16-,17-/m1/s1. The van der Waals surface area contributed by atoms with E-state index in [0.29, 0.717) is 43.6 Å². The minimum absolute atomic E-state index is 0.0704. The average molecular weight is 396 g/mol. The highest BCUT2D eigenvalue weighted by atomic mass is 16.6. The molecule has 0 aliphatic carbocycles. The van der Waals surface area contributed by atoms with E-state index >= 15 is 0 Å². The van der Waals surface area contributed by atoms with Gasteiger partial charge in [-0.05, 0) is 12.1 Å². The first-order valence-corrected chi connectivity index (χ1v) is 9.85. The van der Waals surface area contributed by atoms with Crippen molar-refractivity contribution in [2.24, 2.45) is 0 Å². The molecule has 2 saturated heterocycles. The molecule has 28 heavy (non-hydrogen) atoms. The Morgan fingerprint density at radius 3 is 2.36 bits per heavy atom. The Labute approximate surface area is 166 Å². The van der Waals surface area contributed by atoms with E-state index in [0.717, 1.165) is 39.4 Å². The summed E-state index contributed by atoms with van der Waals surface area (Å²) in [4.78, 5) is 4.49. The first kappa shape index (κ1) is 21.1. The van der Waals surface area contributed by atoms with Gasteiger partial charge in [0.05, 0.1) is 40.1 Å². The molecule has 158 valence electrons. The van der Waals surface area contributed by atoms with Crippen molar-refractivity contribution >= 4 is 0 Å². The van der Waals surface area contributed by atoms with E-state index in [1.807, 2.05) is 18.2 Å². The number of morpholine rings is 2. The molecule has 0 aromatic heterocycles. The predicted molar refractivity (Wildman–Crippen MR) is 104 cm³/mol. The highest BCUT2D eigenvalue weighted by Gasteiger charge is 2.25. The van der Waals surface area contributed by atoms with Gasteiger partial charge in [0, 0.05) is 39.3 Å². The number of aliphatic hydroxyl groups is 1. The van der Waals surface area contributed by atoms with Crippen LogP contribution in [-0.2, 0) is 9.47 Å². The first-order valence-electron chi connectivity index (χ1n) is 9.85. The van der Waals surface area contributed by atoms with Gasteiger partial charge in [0.25, 0.3) is 0 Å². The largest absolute Gasteiger partial charge is 0.493 e. The number of β-amino-alcohol motifs (C(OH)–C–C–N with tert-alkyl or cyclic N) is 1. The number of rotatable bonds is 9. The summed E-state index contributed by atoms with van der Waals surface area (Å²) >= 11 is 0. The van der Waals surface area contributed by atoms with Crippen molar-refractivity contribution < 1.29 is 28.8 Å². The normalized spacial score (nSPS) is 22.6. The van der Waals surface area contributed by atoms with Crippen LogP contribution in [0, 0.1) is 0 Å². The number of nitrogens with zero attached hydrogens (tertiary/aromatic N) is 2. The first-order chi connectivity index (χ1) is 13.7. The fourth-order valence-corrected chi connectivity index (χ4v) is 3.62. The van der Waals surface area contributed by atoms with E-state index in [1.165, 1.54) is 0 Å². The quantitative estimate of drug-likeness (QED) is 0.646. The molecule has 0 spiro atoms. The maximum Gasteiger partial charge on any atom is 0.203 e. The molecule has 2 aliphatic heterocycles. The summed E-state index contributed by atoms with van der Waals surface area (Å²) in [5, 5.41) is 10.5. The number of hydrogen-bond donors (Lipinski definition) is 1. The molecule has 0 saturated carbocycles. The van der Waals surface area contributed by atoms with Crippen LogP contribution in [0.4, 0.5) is 0 Å². The van der Waals surface area contributed by atoms with Crippen LogP contribution in [-0.4, -0.2) is 107 Å². The Balaban J connectivity index is 1.47. The molecule has 0 unspecified atom stereocenters. The van der Waals surface area contributed by atoms with Gasteiger partial charge in [-0.2, -0.15) is 0 Å². The van der Waals surface area contributed by atoms with Crippen LogP contribution in [0.1, 0.15) is 0 Å². The third-order valence-electron chi connectivity index (χ3n) is 5.06. The number of methoxy groups -OCH3 is 2. The molecule has 2 aliphatic rings. The molecule has 8 nitrogen and oxygen atoms in total. The Morgan fingerprint density at radius 2 is 1.68 bits per heavy atom. The SMILES string of the molecule is COc1cccc(OC)c1OC[C@H]1CN(C[C@H](O)CN2CCOCC2)CCO1. The van der Waals surface area contributed by atoms with Crippen molar-refractivity contribution in [2.75, 3.05) is 79.9 Å². The highest BCUT2D eigenvalue weighted by molar-refractivity contribution is 5.51. The van der Waals surface area contributed by atoms with Crippen molar-refractivity contribution in [3.63, 3.8) is 0 Å². The second kappa shape index (κ2) is 10.8. The van der Waals surface area contributed by atoms with Gasteiger partial charge < -0.3 is 28.8 Å². The monoisotopic (exact) mass is 396 g/mol. The minimum atomic E-state index is -0.382. The molecule has 3 rings (SSSR count). The number of para-hydroxylation sites is 1. The van der Waals surface area contributed by atoms with Crippen molar-refractivity contribution in [1.82, 2.24) is 9.80 Å². The van der Waals surface area contributed by atoms with Crippen LogP contribution in [0.25, 0.3) is 0 Å². The zero-order valence-electron chi connectivity index (χ0n) is 16.8. The summed E-state index contributed by atoms with van der Waals surface area (Å²) in [5.74, 6) is 1.85. The molecular weight excluding hydrogens is 364 g/mol. The number of benzene rings is 1. The molecular formula is C20H32N2O6. The topological polar surface area (TPSA) is 72.9 Å². The van der Waals surface area contributed by atoms with E-state index in [9.17, 15) is 5.11 Å². The van der Waals surface area contributed by atoms with Gasteiger partial charge in [-0.1, -0.05) is 6.07 Å². The minimum Gasteiger partial charge on any atom is -0.493 e. The van der Waals surface area contributed by atoms with Crippen molar-refractivity contribution in [3.8, 4) is 17.2 Å². The van der Waals surface area contributed by atoms with Crippen molar-refractivity contribution in [2.45, 2.75) is 12.2 Å². The van der Waals surface area contributed by atoms with Crippen LogP contribution in [0.5, 0.6) is 17.2 Å². The predicted octanol–water partition coefficient (Wildman–Crippen LogP) is 0.477. The van der Waals surface area contributed by atoms with Gasteiger partial charge in [0.1, 0.15) is 12.7 Å². The lowest BCUT2D eigenvalue weighted by Crippen LogP contribution is -2.50. The fourth-order valence-electron chi connectivity index (χ4n) is 3.62. The van der Waals surface area contributed by atoms with Gasteiger partial charge in [0.15, 0.2) is 11.5 Å². The molecule has 1 N–H and O–H groups in total. The second-order valence-corrected chi connectivity index (χ2v) is 7.12. The Bertz CT molecular complexity index is 574.